The van der Waals surface area contributed by atoms with E-state index >= 15 is 0 Å². The van der Waals surface area contributed by atoms with Gasteiger partial charge >= 0.3 is 0 Å². The Morgan fingerprint density at radius 3 is 1.62 bits per heavy atom. The average Bonchev–Trinajstić information content (AvgIpc) is 3.95. The van der Waals surface area contributed by atoms with E-state index in [0.29, 0.717) is 0 Å². The molecule has 0 aliphatic rings. The van der Waals surface area contributed by atoms with Gasteiger partial charge in [0.2, 0.25) is 0 Å². The Bertz CT molecular complexity index is 3940. The van der Waals surface area contributed by atoms with E-state index in [-0.39, 0.29) is 0 Å². The number of para-hydroxylation sites is 2. The Morgan fingerprint density at radius 1 is 0.262 bits per heavy atom. The summed E-state index contributed by atoms with van der Waals surface area (Å²) in [5.74, 6) is 0. The summed E-state index contributed by atoms with van der Waals surface area (Å²) >= 11 is 0. The van der Waals surface area contributed by atoms with Crippen LogP contribution in [0, 0.1) is 0 Å². The SMILES string of the molecule is c1cc(-c2ccc(N(c3ccc(-c4ccc5c(c4)oc4ccccc45)cc3)c3ccccc3-c3ccc4oc5c6ccccc6ccc5c4c3)cc2)cc(-c2cccc3ccccc23)c1. The lowest BCUT2D eigenvalue weighted by Crippen LogP contribution is -2.11. The largest absolute Gasteiger partial charge is 0.456 e. The second-order valence-electron chi connectivity index (χ2n) is 16.8. The summed E-state index contributed by atoms with van der Waals surface area (Å²) in [6.45, 7) is 0. The number of benzene rings is 11. The first-order valence-corrected chi connectivity index (χ1v) is 22.1. The highest BCUT2D eigenvalue weighted by Gasteiger charge is 2.20. The second kappa shape index (κ2) is 15.0. The zero-order valence-corrected chi connectivity index (χ0v) is 35.3. The molecule has 0 fully saturated rings. The van der Waals surface area contributed by atoms with Crippen LogP contribution in [0.5, 0.6) is 0 Å². The Labute approximate surface area is 375 Å². The summed E-state index contributed by atoms with van der Waals surface area (Å²) in [6, 6.07) is 84.8. The predicted octanol–water partition coefficient (Wildman–Crippen LogP) is 17.9. The summed E-state index contributed by atoms with van der Waals surface area (Å²) in [5, 5.41) is 9.28. The number of furan rings is 2. The van der Waals surface area contributed by atoms with Gasteiger partial charge in [0, 0.05) is 43.9 Å². The number of nitrogens with zero attached hydrogens (tertiary/aromatic N) is 1. The van der Waals surface area contributed by atoms with Gasteiger partial charge in [0.05, 0.1) is 5.69 Å². The normalized spacial score (nSPS) is 11.7. The smallest absolute Gasteiger partial charge is 0.143 e. The molecule has 0 saturated carbocycles. The highest BCUT2D eigenvalue weighted by atomic mass is 16.3. The fourth-order valence-electron chi connectivity index (χ4n) is 9.87. The molecule has 0 aliphatic carbocycles. The number of rotatable bonds is 7. The summed E-state index contributed by atoms with van der Waals surface area (Å²) < 4.78 is 12.8. The Morgan fingerprint density at radius 2 is 0.800 bits per heavy atom. The van der Waals surface area contributed by atoms with Crippen molar-refractivity contribution < 1.29 is 8.83 Å². The molecule has 0 atom stereocenters. The monoisotopic (exact) mass is 829 g/mol. The molecule has 304 valence electrons. The van der Waals surface area contributed by atoms with Crippen molar-refractivity contribution in [1.29, 1.82) is 0 Å². The first-order chi connectivity index (χ1) is 32.2. The van der Waals surface area contributed by atoms with Crippen LogP contribution >= 0.6 is 0 Å². The van der Waals surface area contributed by atoms with Gasteiger partial charge in [0.1, 0.15) is 22.3 Å². The van der Waals surface area contributed by atoms with Crippen molar-refractivity contribution in [2.75, 3.05) is 4.90 Å². The molecular weight excluding hydrogens is 791 g/mol. The van der Waals surface area contributed by atoms with Crippen LogP contribution in [0.1, 0.15) is 0 Å². The Hall–Kier alpha value is -8.66. The molecule has 65 heavy (non-hydrogen) atoms. The molecule has 0 saturated heterocycles. The zero-order chi connectivity index (χ0) is 42.8. The molecule has 0 aliphatic heterocycles. The molecule has 3 heteroatoms. The van der Waals surface area contributed by atoms with Crippen molar-refractivity contribution in [1.82, 2.24) is 0 Å². The maximum atomic E-state index is 6.54. The molecule has 0 unspecified atom stereocenters. The van der Waals surface area contributed by atoms with E-state index in [9.17, 15) is 0 Å². The zero-order valence-electron chi connectivity index (χ0n) is 35.3. The minimum atomic E-state index is 0.881. The van der Waals surface area contributed by atoms with Crippen molar-refractivity contribution in [2.45, 2.75) is 0 Å². The summed E-state index contributed by atoms with van der Waals surface area (Å²) in [7, 11) is 0. The van der Waals surface area contributed by atoms with Gasteiger partial charge in [-0.3, -0.25) is 0 Å². The van der Waals surface area contributed by atoms with Crippen LogP contribution in [0.2, 0.25) is 0 Å². The number of fused-ring (bicyclic) bond motifs is 9. The van der Waals surface area contributed by atoms with Crippen LogP contribution in [0.25, 0.3) is 110 Å². The van der Waals surface area contributed by atoms with Gasteiger partial charge in [0.25, 0.3) is 0 Å². The van der Waals surface area contributed by atoms with Crippen LogP contribution in [0.4, 0.5) is 17.1 Å². The molecule has 13 aromatic rings. The third-order valence-corrected chi connectivity index (χ3v) is 13.1. The fourth-order valence-corrected chi connectivity index (χ4v) is 9.87. The average molecular weight is 830 g/mol. The van der Waals surface area contributed by atoms with Gasteiger partial charge in [0.15, 0.2) is 0 Å². The molecule has 11 aromatic carbocycles. The van der Waals surface area contributed by atoms with Crippen molar-refractivity contribution in [2.24, 2.45) is 0 Å². The van der Waals surface area contributed by atoms with Gasteiger partial charge in [-0.05, 0) is 128 Å². The molecule has 13 rings (SSSR count). The number of hydrogen-bond donors (Lipinski definition) is 0. The molecule has 0 radical (unpaired) electrons. The molecule has 3 nitrogen and oxygen atoms in total. The van der Waals surface area contributed by atoms with Crippen molar-refractivity contribution in [3.05, 3.63) is 237 Å². The fraction of sp³-hybridized carbons (Fsp3) is 0. The topological polar surface area (TPSA) is 29.5 Å². The third kappa shape index (κ3) is 6.28. The van der Waals surface area contributed by atoms with E-state index in [1.54, 1.807) is 0 Å². The summed E-state index contributed by atoms with van der Waals surface area (Å²) in [5.41, 5.74) is 16.0. The Kier molecular flexibility index (Phi) is 8.53. The van der Waals surface area contributed by atoms with E-state index in [4.69, 9.17) is 8.83 Å². The van der Waals surface area contributed by atoms with E-state index in [1.807, 2.05) is 12.1 Å². The van der Waals surface area contributed by atoms with Crippen molar-refractivity contribution >= 4 is 82.5 Å². The standard InChI is InChI=1S/C62H39NO2/c1-3-16-50-42(11-1)13-10-20-51(50)46-15-9-14-44(37-46)40-23-30-48(31-24-40)63(49-32-25-41(26-33-49)45-28-34-55-54-19-6-8-22-59(54)64-61(55)39-45)58-21-7-5-17-52(58)47-29-36-60-57(38-47)56-35-27-43-12-2-4-18-53(43)62(56)65-60/h1-39H. The highest BCUT2D eigenvalue weighted by molar-refractivity contribution is 6.16. The molecular formula is C62H39NO2. The molecule has 0 spiro atoms. The minimum absolute atomic E-state index is 0.881. The predicted molar refractivity (Wildman–Crippen MR) is 272 cm³/mol. The van der Waals surface area contributed by atoms with Crippen molar-refractivity contribution in [3.63, 3.8) is 0 Å². The van der Waals surface area contributed by atoms with E-state index in [1.165, 1.54) is 32.8 Å². The molecule has 2 heterocycles. The Balaban J connectivity index is 0.920. The van der Waals surface area contributed by atoms with Gasteiger partial charge in [-0.2, -0.15) is 0 Å². The molecule has 0 bridgehead atoms. The molecule has 0 N–H and O–H groups in total. The first-order valence-electron chi connectivity index (χ1n) is 22.1. The lowest BCUT2D eigenvalue weighted by Gasteiger charge is -2.28. The number of hydrogen-bond acceptors (Lipinski definition) is 3. The second-order valence-corrected chi connectivity index (χ2v) is 16.8. The van der Waals surface area contributed by atoms with Crippen LogP contribution in [-0.2, 0) is 0 Å². The first kappa shape index (κ1) is 36.9. The summed E-state index contributed by atoms with van der Waals surface area (Å²) in [6.07, 6.45) is 0. The van der Waals surface area contributed by atoms with Gasteiger partial charge in [-0.15, -0.1) is 0 Å². The van der Waals surface area contributed by atoms with Gasteiger partial charge in [-0.25, -0.2) is 0 Å². The lowest BCUT2D eigenvalue weighted by atomic mass is 9.95. The van der Waals surface area contributed by atoms with Crippen LogP contribution in [0.15, 0.2) is 245 Å². The van der Waals surface area contributed by atoms with Crippen LogP contribution in [-0.4, -0.2) is 0 Å². The third-order valence-electron chi connectivity index (χ3n) is 13.1. The lowest BCUT2D eigenvalue weighted by molar-refractivity contribution is 0.669. The number of anilines is 3. The van der Waals surface area contributed by atoms with E-state index in [2.05, 4.69) is 229 Å². The van der Waals surface area contributed by atoms with Crippen molar-refractivity contribution in [3.8, 4) is 44.5 Å². The quantitative estimate of drug-likeness (QED) is 0.160. The van der Waals surface area contributed by atoms with Crippen LogP contribution < -0.4 is 4.90 Å². The summed E-state index contributed by atoms with van der Waals surface area (Å²) in [4.78, 5) is 2.38. The van der Waals surface area contributed by atoms with Gasteiger partial charge in [-0.1, -0.05) is 164 Å². The molecule has 2 aromatic heterocycles. The van der Waals surface area contributed by atoms with E-state index in [0.717, 1.165) is 94.1 Å². The maximum absolute atomic E-state index is 6.54. The highest BCUT2D eigenvalue weighted by Crippen LogP contribution is 2.44. The van der Waals surface area contributed by atoms with Crippen LogP contribution in [0.3, 0.4) is 0 Å². The molecule has 0 amide bonds. The minimum Gasteiger partial charge on any atom is -0.456 e. The van der Waals surface area contributed by atoms with E-state index < -0.39 is 0 Å². The maximum Gasteiger partial charge on any atom is 0.143 e. The van der Waals surface area contributed by atoms with Gasteiger partial charge < -0.3 is 13.7 Å².